The molecule has 19 heteroatoms. The summed E-state index contributed by atoms with van der Waals surface area (Å²) in [6.45, 7) is 7.26. The molecule has 49 heavy (non-hydrogen) atoms. The van der Waals surface area contributed by atoms with Crippen molar-refractivity contribution in [2.24, 2.45) is 28.7 Å². The molecule has 0 amide bonds. The van der Waals surface area contributed by atoms with Crippen molar-refractivity contribution in [3.05, 3.63) is 0 Å². The van der Waals surface area contributed by atoms with E-state index < -0.39 is 141 Å². The molecule has 0 aromatic carbocycles. The number of aliphatic hydroxyl groups is 7. The van der Waals surface area contributed by atoms with Crippen molar-refractivity contribution in [1.82, 2.24) is 0 Å². The smallest absolute Gasteiger partial charge is 0.187 e. The number of hydrogen-bond donors (Lipinski definition) is 12. The molecule has 19 atom stereocenters. The predicted molar refractivity (Wildman–Crippen MR) is 169 cm³/mol. The molecule has 1 aliphatic carbocycles. The Kier molecular flexibility index (Phi) is 13.5. The second kappa shape index (κ2) is 16.1. The molecule has 288 valence electrons. The topological polar surface area (TPSA) is 336 Å². The van der Waals surface area contributed by atoms with Crippen LogP contribution >= 0.6 is 0 Å². The first kappa shape index (κ1) is 41.0. The van der Waals surface area contributed by atoms with Crippen molar-refractivity contribution in [2.75, 3.05) is 19.8 Å². The van der Waals surface area contributed by atoms with Gasteiger partial charge in [0.15, 0.2) is 12.6 Å². The Morgan fingerprint density at radius 1 is 0.592 bits per heavy atom. The molecule has 4 aliphatic rings. The molecule has 3 saturated heterocycles. The first-order valence-corrected chi connectivity index (χ1v) is 16.7. The highest BCUT2D eigenvalue weighted by atomic mass is 16.8. The third-order valence-electron chi connectivity index (χ3n) is 9.67. The SMILES string of the molecule is CC(C)(C)O[C@@H]1C(O[C@@H]2C(O)[C@H](N)CC(N)[C@@H]2OC(C)(C)[C@@H]2OC(CO)[C@H](O)[C@H](O)C2N)O[C@H](CO)[C@@H]1O[C@H]1O[C@@H](CN)[C@@H](O)C(O)C1N. The lowest BCUT2D eigenvalue weighted by Crippen LogP contribution is -2.70. The maximum Gasteiger partial charge on any atom is 0.187 e. The van der Waals surface area contributed by atoms with Crippen LogP contribution in [0.2, 0.25) is 0 Å². The quantitative estimate of drug-likeness (QED) is 0.0947. The number of hydrogen-bond acceptors (Lipinski definition) is 19. The fourth-order valence-corrected chi connectivity index (χ4v) is 6.99. The van der Waals surface area contributed by atoms with Crippen LogP contribution in [0.25, 0.3) is 0 Å². The summed E-state index contributed by atoms with van der Waals surface area (Å²) in [6, 6.07) is -3.98. The van der Waals surface area contributed by atoms with Crippen LogP contribution in [0.3, 0.4) is 0 Å². The Bertz CT molecular complexity index is 1060. The summed E-state index contributed by atoms with van der Waals surface area (Å²) in [5.41, 5.74) is 28.8. The van der Waals surface area contributed by atoms with Gasteiger partial charge in [0.05, 0.1) is 42.6 Å². The van der Waals surface area contributed by atoms with E-state index in [9.17, 15) is 35.7 Å². The molecule has 3 aliphatic heterocycles. The van der Waals surface area contributed by atoms with E-state index in [-0.39, 0.29) is 13.0 Å². The van der Waals surface area contributed by atoms with Gasteiger partial charge in [0.25, 0.3) is 0 Å². The molecule has 19 nitrogen and oxygen atoms in total. The number of rotatable bonds is 11. The fourth-order valence-electron chi connectivity index (χ4n) is 6.99. The van der Waals surface area contributed by atoms with E-state index in [1.807, 2.05) is 0 Å². The van der Waals surface area contributed by atoms with Crippen molar-refractivity contribution in [3.63, 3.8) is 0 Å². The van der Waals surface area contributed by atoms with Crippen LogP contribution in [0.15, 0.2) is 0 Å². The maximum absolute atomic E-state index is 11.4. The standard InChI is InChI=1S/C30H59N5O14/c1-29(2,3)48-25-23(46-27-16(35)21(42)18(39)12(7-31)44-27)14(9-37)45-28(25)47-24-17(38)10(32)6-11(33)22(24)49-30(4,5)26-15(34)20(41)19(40)13(8-36)43-26/h10-28,36-42H,6-9,31-35H2,1-5H3/t10-,11?,12+,13?,14-,15?,16?,17?,18-,19+,20-,21?,22+,23+,24-,25+,26-,27-,28?/m1/s1. The van der Waals surface area contributed by atoms with Crippen molar-refractivity contribution in [1.29, 1.82) is 0 Å². The monoisotopic (exact) mass is 713 g/mol. The first-order valence-electron chi connectivity index (χ1n) is 16.7. The molecule has 4 fully saturated rings. The largest absolute Gasteiger partial charge is 0.394 e. The van der Waals surface area contributed by atoms with Crippen LogP contribution in [0.1, 0.15) is 41.0 Å². The van der Waals surface area contributed by atoms with Gasteiger partial charge in [0, 0.05) is 18.6 Å². The van der Waals surface area contributed by atoms with Gasteiger partial charge in [-0.1, -0.05) is 0 Å². The predicted octanol–water partition coefficient (Wildman–Crippen LogP) is -6.22. The van der Waals surface area contributed by atoms with Gasteiger partial charge in [-0.3, -0.25) is 0 Å². The molecular weight excluding hydrogens is 654 g/mol. The van der Waals surface area contributed by atoms with Crippen LogP contribution in [0, 0.1) is 0 Å². The summed E-state index contributed by atoms with van der Waals surface area (Å²) < 4.78 is 43.2. The Morgan fingerprint density at radius 2 is 1.14 bits per heavy atom. The Balaban J connectivity index is 1.62. The van der Waals surface area contributed by atoms with Crippen molar-refractivity contribution in [3.8, 4) is 0 Å². The summed E-state index contributed by atoms with van der Waals surface area (Å²) in [5, 5.41) is 73.3. The van der Waals surface area contributed by atoms with E-state index in [0.29, 0.717) is 0 Å². The van der Waals surface area contributed by atoms with E-state index in [1.54, 1.807) is 34.6 Å². The highest BCUT2D eigenvalue weighted by Gasteiger charge is 2.56. The number of ether oxygens (including phenoxy) is 7. The first-order chi connectivity index (χ1) is 22.8. The molecule has 0 aromatic heterocycles. The lowest BCUT2D eigenvalue weighted by Gasteiger charge is -2.51. The van der Waals surface area contributed by atoms with Gasteiger partial charge in [-0.15, -0.1) is 0 Å². The maximum atomic E-state index is 11.4. The van der Waals surface area contributed by atoms with Crippen molar-refractivity contribution >= 4 is 0 Å². The Morgan fingerprint density at radius 3 is 1.71 bits per heavy atom. The summed E-state index contributed by atoms with van der Waals surface area (Å²) in [4.78, 5) is 0. The van der Waals surface area contributed by atoms with Gasteiger partial charge in [-0.05, 0) is 41.0 Å². The molecule has 17 N–H and O–H groups in total. The molecule has 0 bridgehead atoms. The Hall–Kier alpha value is -0.760. The summed E-state index contributed by atoms with van der Waals surface area (Å²) in [7, 11) is 0. The summed E-state index contributed by atoms with van der Waals surface area (Å²) in [5.74, 6) is 0. The molecule has 0 spiro atoms. The van der Waals surface area contributed by atoms with E-state index in [4.69, 9.17) is 61.8 Å². The molecule has 0 radical (unpaired) electrons. The highest BCUT2D eigenvalue weighted by molar-refractivity contribution is 5.05. The van der Waals surface area contributed by atoms with Gasteiger partial charge in [-0.2, -0.15) is 0 Å². The minimum absolute atomic E-state index is 0.131. The minimum atomic E-state index is -1.44. The van der Waals surface area contributed by atoms with E-state index >= 15 is 0 Å². The van der Waals surface area contributed by atoms with Crippen LogP contribution in [0.5, 0.6) is 0 Å². The van der Waals surface area contributed by atoms with Crippen LogP contribution in [-0.4, -0.2) is 183 Å². The van der Waals surface area contributed by atoms with Gasteiger partial charge < -0.3 is 97.6 Å². The molecule has 4 rings (SSSR count). The lowest BCUT2D eigenvalue weighted by atomic mass is 9.82. The second-order valence-corrected chi connectivity index (χ2v) is 15.0. The molecule has 3 heterocycles. The average molecular weight is 714 g/mol. The van der Waals surface area contributed by atoms with Gasteiger partial charge in [-0.25, -0.2) is 0 Å². The van der Waals surface area contributed by atoms with E-state index in [0.717, 1.165) is 0 Å². The third kappa shape index (κ3) is 8.73. The summed E-state index contributed by atoms with van der Waals surface area (Å²) >= 11 is 0. The minimum Gasteiger partial charge on any atom is -0.394 e. The van der Waals surface area contributed by atoms with Crippen LogP contribution in [0.4, 0.5) is 0 Å². The Labute approximate surface area is 285 Å². The third-order valence-corrected chi connectivity index (χ3v) is 9.67. The van der Waals surface area contributed by atoms with Gasteiger partial charge >= 0.3 is 0 Å². The zero-order valence-electron chi connectivity index (χ0n) is 28.7. The second-order valence-electron chi connectivity index (χ2n) is 15.0. The number of nitrogens with two attached hydrogens (primary N) is 5. The van der Waals surface area contributed by atoms with Crippen molar-refractivity contribution in [2.45, 2.75) is 168 Å². The molecule has 1 saturated carbocycles. The van der Waals surface area contributed by atoms with Crippen molar-refractivity contribution < 1.29 is 68.9 Å². The average Bonchev–Trinajstić information content (AvgIpc) is 3.34. The highest BCUT2D eigenvalue weighted by Crippen LogP contribution is 2.38. The number of aliphatic hydroxyl groups excluding tert-OH is 7. The normalized spacial score (nSPS) is 48.6. The van der Waals surface area contributed by atoms with Gasteiger partial charge in [0.2, 0.25) is 0 Å². The van der Waals surface area contributed by atoms with Crippen LogP contribution < -0.4 is 28.7 Å². The zero-order valence-corrected chi connectivity index (χ0v) is 28.7. The molecule has 0 aromatic rings. The van der Waals surface area contributed by atoms with E-state index in [1.165, 1.54) is 0 Å². The summed E-state index contributed by atoms with van der Waals surface area (Å²) in [6.07, 6.45) is -18.3. The lowest BCUT2D eigenvalue weighted by molar-refractivity contribution is -0.296. The fraction of sp³-hybridized carbons (Fsp3) is 1.00. The molecular formula is C30H59N5O14. The molecule has 7 unspecified atom stereocenters. The van der Waals surface area contributed by atoms with E-state index in [2.05, 4.69) is 0 Å². The zero-order chi connectivity index (χ0) is 36.7. The van der Waals surface area contributed by atoms with Crippen LogP contribution in [-0.2, 0) is 33.2 Å². The van der Waals surface area contributed by atoms with Gasteiger partial charge in [0.1, 0.15) is 73.2 Å².